The number of hydrogen-bond donors (Lipinski definition) is 2. The molecular formula is C31H23F3N2O6. The maximum absolute atomic E-state index is 12.6. The number of aliphatic hydroxyl groups excluding tert-OH is 1. The van der Waals surface area contributed by atoms with Gasteiger partial charge in [-0.1, -0.05) is 12.1 Å². The minimum Gasteiger partial charge on any atom is -0.493 e. The molecular weight excluding hydrogens is 553 g/mol. The highest BCUT2D eigenvalue weighted by molar-refractivity contribution is 6.08. The molecule has 11 heteroatoms. The number of aryl methyl sites for hydroxylation is 1. The number of aliphatic hydroxyl groups is 1. The lowest BCUT2D eigenvalue weighted by Crippen LogP contribution is -2.17. The molecule has 1 aliphatic heterocycles. The maximum atomic E-state index is 12.6. The van der Waals surface area contributed by atoms with Gasteiger partial charge in [-0.3, -0.25) is 4.98 Å². The van der Waals surface area contributed by atoms with Crippen molar-refractivity contribution < 1.29 is 42.4 Å². The first-order valence-corrected chi connectivity index (χ1v) is 13.0. The largest absolute Gasteiger partial charge is 0.573 e. The van der Waals surface area contributed by atoms with E-state index in [-0.39, 0.29) is 23.8 Å². The van der Waals surface area contributed by atoms with E-state index in [2.05, 4.69) is 14.7 Å². The molecule has 3 aromatic carbocycles. The van der Waals surface area contributed by atoms with Crippen LogP contribution in [0, 0.1) is 6.92 Å². The summed E-state index contributed by atoms with van der Waals surface area (Å²) in [7, 11) is 0. The van der Waals surface area contributed by atoms with Gasteiger partial charge in [0.1, 0.15) is 18.1 Å². The molecule has 1 atom stereocenters. The molecule has 3 heterocycles. The summed E-state index contributed by atoms with van der Waals surface area (Å²) in [5.74, 6) is -0.883. The van der Waals surface area contributed by atoms with Gasteiger partial charge < -0.3 is 24.4 Å². The zero-order valence-corrected chi connectivity index (χ0v) is 22.1. The molecule has 1 aliphatic rings. The summed E-state index contributed by atoms with van der Waals surface area (Å²) in [5.41, 5.74) is 4.35. The van der Waals surface area contributed by atoms with Crippen LogP contribution in [0.5, 0.6) is 17.4 Å². The van der Waals surface area contributed by atoms with E-state index in [1.54, 1.807) is 43.5 Å². The van der Waals surface area contributed by atoms with Gasteiger partial charge >= 0.3 is 12.3 Å². The second-order valence-electron chi connectivity index (χ2n) is 9.83. The average Bonchev–Trinajstić information content (AvgIpc) is 2.95. The number of nitrogens with zero attached hydrogens (tertiary/aromatic N) is 2. The van der Waals surface area contributed by atoms with Gasteiger partial charge in [0.2, 0.25) is 5.88 Å². The molecule has 1 unspecified atom stereocenters. The molecule has 0 saturated carbocycles. The van der Waals surface area contributed by atoms with E-state index in [9.17, 15) is 28.2 Å². The molecule has 2 aromatic heterocycles. The Kier molecular flexibility index (Phi) is 6.82. The summed E-state index contributed by atoms with van der Waals surface area (Å²) in [5, 5.41) is 22.0. The Bertz CT molecular complexity index is 1850. The Morgan fingerprint density at radius 2 is 1.95 bits per heavy atom. The first-order chi connectivity index (χ1) is 20.1. The van der Waals surface area contributed by atoms with E-state index in [1.807, 2.05) is 12.1 Å². The van der Waals surface area contributed by atoms with Gasteiger partial charge in [-0.05, 0) is 71.6 Å². The molecule has 2 N–H and O–H groups in total. The topological polar surface area (TPSA) is 111 Å². The molecule has 6 rings (SSSR count). The number of halogens is 3. The molecule has 42 heavy (non-hydrogen) atoms. The molecule has 5 aromatic rings. The molecule has 0 amide bonds. The van der Waals surface area contributed by atoms with Gasteiger partial charge in [-0.2, -0.15) is 0 Å². The van der Waals surface area contributed by atoms with Crippen molar-refractivity contribution >= 4 is 27.8 Å². The fourth-order valence-corrected chi connectivity index (χ4v) is 5.34. The normalized spacial score (nSPS) is 13.5. The monoisotopic (exact) mass is 576 g/mol. The van der Waals surface area contributed by atoms with Crippen LogP contribution in [0.1, 0.15) is 28.4 Å². The SMILES string of the molecule is Cc1cc2nc(OCc3cccc(OC(F)(F)F)c3)ccc2c(-c2ccc3c4c(ccnc24)CCO3)c1C(O)C(=O)O. The van der Waals surface area contributed by atoms with Gasteiger partial charge in [-0.15, -0.1) is 13.2 Å². The van der Waals surface area contributed by atoms with E-state index >= 15 is 0 Å². The highest BCUT2D eigenvalue weighted by atomic mass is 19.4. The summed E-state index contributed by atoms with van der Waals surface area (Å²) in [6, 6.07) is 15.9. The lowest BCUT2D eigenvalue weighted by atomic mass is 9.87. The third-order valence-electron chi connectivity index (χ3n) is 7.08. The second kappa shape index (κ2) is 10.5. The van der Waals surface area contributed by atoms with Crippen molar-refractivity contribution in [1.29, 1.82) is 0 Å². The van der Waals surface area contributed by atoms with Gasteiger partial charge in [0.25, 0.3) is 0 Å². The third kappa shape index (κ3) is 5.14. The summed E-state index contributed by atoms with van der Waals surface area (Å²) >= 11 is 0. The fourth-order valence-electron chi connectivity index (χ4n) is 5.34. The van der Waals surface area contributed by atoms with Crippen LogP contribution < -0.4 is 14.2 Å². The summed E-state index contributed by atoms with van der Waals surface area (Å²) in [6.07, 6.45) is -4.23. The number of hydrogen-bond acceptors (Lipinski definition) is 7. The minimum absolute atomic E-state index is 0.0754. The summed E-state index contributed by atoms with van der Waals surface area (Å²) < 4.78 is 53.4. The summed E-state index contributed by atoms with van der Waals surface area (Å²) in [6.45, 7) is 2.15. The van der Waals surface area contributed by atoms with Crippen molar-refractivity contribution in [3.05, 3.63) is 89.1 Å². The number of aromatic nitrogens is 2. The lowest BCUT2D eigenvalue weighted by Gasteiger charge is -2.22. The molecule has 0 radical (unpaired) electrons. The molecule has 8 nitrogen and oxygen atoms in total. The van der Waals surface area contributed by atoms with Crippen LogP contribution in [0.3, 0.4) is 0 Å². The van der Waals surface area contributed by atoms with E-state index in [4.69, 9.17) is 9.47 Å². The van der Waals surface area contributed by atoms with Crippen molar-refractivity contribution in [2.45, 2.75) is 32.4 Å². The number of carbonyl (C=O) groups is 1. The Hall–Kier alpha value is -4.90. The predicted molar refractivity (Wildman–Crippen MR) is 146 cm³/mol. The number of alkyl halides is 3. The first-order valence-electron chi connectivity index (χ1n) is 13.0. The van der Waals surface area contributed by atoms with Crippen LogP contribution in [0.15, 0.2) is 66.9 Å². The smallest absolute Gasteiger partial charge is 0.493 e. The summed E-state index contributed by atoms with van der Waals surface area (Å²) in [4.78, 5) is 21.2. The van der Waals surface area contributed by atoms with Crippen LogP contribution in [0.2, 0.25) is 0 Å². The van der Waals surface area contributed by atoms with Crippen molar-refractivity contribution in [1.82, 2.24) is 9.97 Å². The minimum atomic E-state index is -4.81. The number of pyridine rings is 2. The molecule has 0 bridgehead atoms. The number of benzene rings is 3. The van der Waals surface area contributed by atoms with Crippen LogP contribution in [-0.2, 0) is 17.8 Å². The number of fused-ring (bicyclic) bond motifs is 1. The maximum Gasteiger partial charge on any atom is 0.573 e. The zero-order chi connectivity index (χ0) is 29.6. The number of rotatable bonds is 7. The molecule has 0 spiro atoms. The van der Waals surface area contributed by atoms with Crippen LogP contribution in [0.4, 0.5) is 13.2 Å². The van der Waals surface area contributed by atoms with E-state index in [0.29, 0.717) is 57.5 Å². The highest BCUT2D eigenvalue weighted by Crippen LogP contribution is 2.44. The van der Waals surface area contributed by atoms with E-state index in [1.165, 1.54) is 18.2 Å². The molecule has 0 saturated heterocycles. The van der Waals surface area contributed by atoms with Crippen molar-refractivity contribution in [2.75, 3.05) is 6.61 Å². The van der Waals surface area contributed by atoms with E-state index in [0.717, 1.165) is 10.9 Å². The lowest BCUT2D eigenvalue weighted by molar-refractivity contribution is -0.274. The zero-order valence-electron chi connectivity index (χ0n) is 22.1. The molecule has 0 aliphatic carbocycles. The molecule has 0 fully saturated rings. The Morgan fingerprint density at radius 1 is 1.12 bits per heavy atom. The predicted octanol–water partition coefficient (Wildman–Crippen LogP) is 6.29. The fraction of sp³-hybridized carbons (Fsp3) is 0.194. The Labute approximate surface area is 236 Å². The number of carboxylic acids is 1. The van der Waals surface area contributed by atoms with Crippen molar-refractivity contribution in [3.63, 3.8) is 0 Å². The van der Waals surface area contributed by atoms with Crippen molar-refractivity contribution in [2.24, 2.45) is 0 Å². The standard InChI is InChI=1S/C31H23F3N2O6/c1-16-13-22-20(6-8-24(36-22)41-15-17-3-2-4-19(14-17)42-31(32,33)34)27(25(16)29(37)30(38)39)21-5-7-23-26-18(10-12-40-23)9-11-35-28(21)26/h2-9,11,13-14,29,37H,10,12,15H2,1H3,(H,38,39). The number of aliphatic carboxylic acids is 1. The van der Waals surface area contributed by atoms with Crippen LogP contribution >= 0.6 is 0 Å². The number of ether oxygens (including phenoxy) is 3. The van der Waals surface area contributed by atoms with Crippen LogP contribution in [0.25, 0.3) is 32.9 Å². The highest BCUT2D eigenvalue weighted by Gasteiger charge is 2.31. The second-order valence-corrected chi connectivity index (χ2v) is 9.83. The Balaban J connectivity index is 1.45. The van der Waals surface area contributed by atoms with Gasteiger partial charge in [0.15, 0.2) is 6.10 Å². The average molecular weight is 577 g/mol. The first kappa shape index (κ1) is 27.3. The molecule has 214 valence electrons. The van der Waals surface area contributed by atoms with Gasteiger partial charge in [0, 0.05) is 40.6 Å². The third-order valence-corrected chi connectivity index (χ3v) is 7.08. The van der Waals surface area contributed by atoms with Crippen molar-refractivity contribution in [3.8, 4) is 28.5 Å². The number of carboxylic acid groups (broad SMARTS) is 1. The quantitative estimate of drug-likeness (QED) is 0.233. The van der Waals surface area contributed by atoms with Crippen LogP contribution in [-0.4, -0.2) is 39.1 Å². The Morgan fingerprint density at radius 3 is 2.74 bits per heavy atom. The van der Waals surface area contributed by atoms with E-state index < -0.39 is 18.4 Å². The van der Waals surface area contributed by atoms with Gasteiger partial charge in [-0.25, -0.2) is 9.78 Å². The van der Waals surface area contributed by atoms with Gasteiger partial charge in [0.05, 0.1) is 17.6 Å².